The summed E-state index contributed by atoms with van der Waals surface area (Å²) in [5.41, 5.74) is -2.84. The van der Waals surface area contributed by atoms with Crippen molar-refractivity contribution in [3.8, 4) is 0 Å². The highest BCUT2D eigenvalue weighted by molar-refractivity contribution is 5.43. The molecule has 1 aliphatic rings. The van der Waals surface area contributed by atoms with E-state index in [4.69, 9.17) is 0 Å². The molecule has 0 spiro atoms. The lowest BCUT2D eigenvalue weighted by Crippen LogP contribution is -2.57. The normalized spacial score (nSPS) is 32.4. The van der Waals surface area contributed by atoms with E-state index in [1.54, 1.807) is 6.92 Å². The van der Waals surface area contributed by atoms with Crippen molar-refractivity contribution in [1.29, 1.82) is 0 Å². The molecule has 1 rings (SSSR count). The fraction of sp³-hybridized carbons (Fsp3) is 0.714. The molecule has 0 aromatic rings. The minimum atomic E-state index is -1.60. The van der Waals surface area contributed by atoms with Gasteiger partial charge in [0.15, 0.2) is 5.66 Å². The van der Waals surface area contributed by atoms with Gasteiger partial charge in [0.05, 0.1) is 6.54 Å². The van der Waals surface area contributed by atoms with Crippen molar-refractivity contribution in [2.75, 3.05) is 6.54 Å². The van der Waals surface area contributed by atoms with Crippen LogP contribution in [0.1, 0.15) is 33.6 Å². The zero-order valence-corrected chi connectivity index (χ0v) is 12.6. The Morgan fingerprint density at radius 1 is 0.909 bits per heavy atom. The maximum atomic E-state index is 10.8. The highest BCUT2D eigenvalue weighted by Crippen LogP contribution is 2.53. The molecule has 2 unspecified atom stereocenters. The molecular formula is C14H16N4O4. The van der Waals surface area contributed by atoms with Crippen molar-refractivity contribution in [3.05, 3.63) is 0 Å². The number of hydrogen-bond acceptors (Lipinski definition) is 8. The highest BCUT2D eigenvalue weighted by atomic mass is 16.1. The molecule has 1 aliphatic carbocycles. The van der Waals surface area contributed by atoms with Crippen LogP contribution < -0.4 is 0 Å². The number of nitrogens with zero attached hydrogens (tertiary/aromatic N) is 4. The average Bonchev–Trinajstić information content (AvgIpc) is 2.40. The van der Waals surface area contributed by atoms with Gasteiger partial charge in [0.2, 0.25) is 24.3 Å². The number of rotatable bonds is 5. The van der Waals surface area contributed by atoms with E-state index in [0.717, 1.165) is 0 Å². The van der Waals surface area contributed by atoms with Gasteiger partial charge < -0.3 is 0 Å². The number of aliphatic imine (C=N–C) groups is 4. The minimum Gasteiger partial charge on any atom is -0.211 e. The smallest absolute Gasteiger partial charge is 0.211 e. The third-order valence-corrected chi connectivity index (χ3v) is 3.88. The third-order valence-electron chi connectivity index (χ3n) is 3.88. The Hall–Kier alpha value is -2.48. The van der Waals surface area contributed by atoms with E-state index in [0.29, 0.717) is 6.42 Å². The Kier molecular flexibility index (Phi) is 5.21. The van der Waals surface area contributed by atoms with Crippen molar-refractivity contribution >= 4 is 24.3 Å². The molecule has 2 atom stereocenters. The maximum absolute atomic E-state index is 10.8. The van der Waals surface area contributed by atoms with Crippen LogP contribution >= 0.6 is 0 Å². The summed E-state index contributed by atoms with van der Waals surface area (Å²) in [6, 6.07) is -0.981. The van der Waals surface area contributed by atoms with Crippen LogP contribution in [0, 0.1) is 10.8 Å². The van der Waals surface area contributed by atoms with Gasteiger partial charge in [-0.2, -0.15) is 15.0 Å². The summed E-state index contributed by atoms with van der Waals surface area (Å²) in [5.74, 6) is 0. The minimum absolute atomic E-state index is 0.000279. The first kappa shape index (κ1) is 17.6. The average molecular weight is 304 g/mol. The molecule has 0 saturated heterocycles. The molecule has 0 heterocycles. The zero-order valence-electron chi connectivity index (χ0n) is 12.6. The van der Waals surface area contributed by atoms with E-state index in [1.165, 1.54) is 24.3 Å². The van der Waals surface area contributed by atoms with Gasteiger partial charge in [-0.3, -0.25) is 0 Å². The second kappa shape index (κ2) is 6.52. The van der Waals surface area contributed by atoms with Crippen LogP contribution in [0.2, 0.25) is 0 Å². The molecule has 0 aliphatic heterocycles. The monoisotopic (exact) mass is 304 g/mol. The van der Waals surface area contributed by atoms with Crippen molar-refractivity contribution in [1.82, 2.24) is 0 Å². The quantitative estimate of drug-likeness (QED) is 0.560. The zero-order chi connectivity index (χ0) is 16.9. The van der Waals surface area contributed by atoms with E-state index >= 15 is 0 Å². The van der Waals surface area contributed by atoms with Crippen LogP contribution in [0.25, 0.3) is 0 Å². The van der Waals surface area contributed by atoms with Crippen LogP contribution in [0.15, 0.2) is 20.0 Å². The van der Waals surface area contributed by atoms with Crippen LogP contribution in [0.5, 0.6) is 0 Å². The lowest BCUT2D eigenvalue weighted by atomic mass is 9.57. The molecule has 1 fully saturated rings. The first-order chi connectivity index (χ1) is 10.3. The lowest BCUT2D eigenvalue weighted by Gasteiger charge is -2.51. The number of carbonyl (C=O) groups excluding carboxylic acids is 4. The third kappa shape index (κ3) is 3.40. The Balaban J connectivity index is 3.63. The van der Waals surface area contributed by atoms with Crippen molar-refractivity contribution < 1.29 is 19.2 Å². The molecule has 0 aromatic heterocycles. The van der Waals surface area contributed by atoms with Gasteiger partial charge in [-0.15, -0.1) is 0 Å². The molecular weight excluding hydrogens is 288 g/mol. The molecule has 8 nitrogen and oxygen atoms in total. The second-order valence-corrected chi connectivity index (χ2v) is 6.49. The Labute approximate surface area is 127 Å². The fourth-order valence-electron chi connectivity index (χ4n) is 3.66. The van der Waals surface area contributed by atoms with E-state index in [9.17, 15) is 19.2 Å². The topological polar surface area (TPSA) is 118 Å². The standard InChI is InChI=1S/C14H16N4O4/c1-12(2)4-13(3,6-15-7-19)11(16-8-20)14(5-12,17-9-21)18-10-22/h11H,4-6H2,1-3H3. The highest BCUT2D eigenvalue weighted by Gasteiger charge is 2.58. The SMILES string of the molecule is CC1(C)CC(C)(CN=C=O)C(N=C=O)C(N=C=O)(N=C=O)C1. The van der Waals surface area contributed by atoms with Gasteiger partial charge in [0, 0.05) is 11.8 Å². The molecule has 8 heteroatoms. The van der Waals surface area contributed by atoms with Crippen molar-refractivity contribution in [2.45, 2.75) is 45.3 Å². The van der Waals surface area contributed by atoms with Gasteiger partial charge in [-0.05, 0) is 11.8 Å². The van der Waals surface area contributed by atoms with E-state index in [-0.39, 0.29) is 13.0 Å². The lowest BCUT2D eigenvalue weighted by molar-refractivity contribution is 0.0238. The maximum Gasteiger partial charge on any atom is 0.237 e. The van der Waals surface area contributed by atoms with E-state index in [1.807, 2.05) is 13.8 Å². The first-order valence-electron chi connectivity index (χ1n) is 6.58. The van der Waals surface area contributed by atoms with Crippen molar-refractivity contribution in [2.24, 2.45) is 30.8 Å². The van der Waals surface area contributed by atoms with Gasteiger partial charge in [-0.1, -0.05) is 20.8 Å². The van der Waals surface area contributed by atoms with E-state index < -0.39 is 22.5 Å². The van der Waals surface area contributed by atoms with Gasteiger partial charge >= 0.3 is 0 Å². The summed E-state index contributed by atoms with van der Waals surface area (Å²) >= 11 is 0. The predicted octanol–water partition coefficient (Wildman–Crippen LogP) is 1.22. The summed E-state index contributed by atoms with van der Waals surface area (Å²) < 4.78 is 0. The molecule has 0 N–H and O–H groups in total. The summed E-state index contributed by atoms with van der Waals surface area (Å²) in [6.07, 6.45) is 6.35. The van der Waals surface area contributed by atoms with Crippen molar-refractivity contribution in [3.63, 3.8) is 0 Å². The molecule has 0 bridgehead atoms. The molecule has 0 amide bonds. The summed E-state index contributed by atoms with van der Waals surface area (Å²) in [4.78, 5) is 57.5. The van der Waals surface area contributed by atoms with Gasteiger partial charge in [-0.25, -0.2) is 24.2 Å². The van der Waals surface area contributed by atoms with Crippen LogP contribution in [0.3, 0.4) is 0 Å². The van der Waals surface area contributed by atoms with E-state index in [2.05, 4.69) is 20.0 Å². The Morgan fingerprint density at radius 3 is 1.95 bits per heavy atom. The Bertz CT molecular complexity index is 615. The predicted molar refractivity (Wildman–Crippen MR) is 75.0 cm³/mol. The fourth-order valence-corrected chi connectivity index (χ4v) is 3.66. The largest absolute Gasteiger partial charge is 0.237 e. The summed E-state index contributed by atoms with van der Waals surface area (Å²) in [5, 5.41) is 0. The number of isocyanates is 4. The van der Waals surface area contributed by atoms with Crippen LogP contribution in [-0.2, 0) is 19.2 Å². The van der Waals surface area contributed by atoms with Crippen LogP contribution in [0.4, 0.5) is 0 Å². The summed E-state index contributed by atoms with van der Waals surface area (Å²) in [7, 11) is 0. The second-order valence-electron chi connectivity index (χ2n) is 6.49. The Morgan fingerprint density at radius 2 is 1.50 bits per heavy atom. The molecule has 22 heavy (non-hydrogen) atoms. The van der Waals surface area contributed by atoms with Gasteiger partial charge in [0.1, 0.15) is 6.04 Å². The molecule has 0 aromatic carbocycles. The molecule has 1 saturated carbocycles. The van der Waals surface area contributed by atoms with Gasteiger partial charge in [0.25, 0.3) is 0 Å². The number of hydrogen-bond donors (Lipinski definition) is 0. The molecule has 0 radical (unpaired) electrons. The van der Waals surface area contributed by atoms with Crippen LogP contribution in [-0.4, -0.2) is 42.6 Å². The molecule has 116 valence electrons. The summed E-state index contributed by atoms with van der Waals surface area (Å²) in [6.45, 7) is 5.52. The first-order valence-corrected chi connectivity index (χ1v) is 6.58.